The molecule has 0 saturated carbocycles. The number of rotatable bonds is 7. The van der Waals surface area contributed by atoms with Crippen LogP contribution in [0.1, 0.15) is 57.7 Å². The van der Waals surface area contributed by atoms with Crippen LogP contribution in [-0.2, 0) is 46.9 Å². The molecule has 2 aliphatic rings. The Morgan fingerprint density at radius 2 is 1.76 bits per heavy atom. The maximum atomic E-state index is 12.6. The minimum Gasteiger partial charge on any atom is -0.507 e. The van der Waals surface area contributed by atoms with Crippen LogP contribution in [0.5, 0.6) is 5.75 Å². The molecule has 3 rings (SSSR count). The molecule has 1 atom stereocenters. The summed E-state index contributed by atoms with van der Waals surface area (Å²) >= 11 is 0. The molecule has 0 bridgehead atoms. The van der Waals surface area contributed by atoms with E-state index in [0.717, 1.165) is 11.1 Å². The van der Waals surface area contributed by atoms with Crippen LogP contribution in [0.3, 0.4) is 0 Å². The predicted octanol–water partition coefficient (Wildman–Crippen LogP) is 3.01. The summed E-state index contributed by atoms with van der Waals surface area (Å²) < 4.78 is 28.3. The van der Waals surface area contributed by atoms with Gasteiger partial charge in [-0.05, 0) is 23.0 Å². The summed E-state index contributed by atoms with van der Waals surface area (Å²) in [5.74, 6) is -0.0425. The Balaban J connectivity index is 1.61. The number of benzene rings is 1. The zero-order valence-electron chi connectivity index (χ0n) is 20.6. The Labute approximate surface area is 196 Å². The zero-order chi connectivity index (χ0) is 24.3. The molecule has 1 unspecified atom stereocenters. The van der Waals surface area contributed by atoms with Crippen LogP contribution in [0.2, 0.25) is 0 Å². The molecule has 33 heavy (non-hydrogen) atoms. The number of aryl methyl sites for hydroxylation is 1. The van der Waals surface area contributed by atoms with Crippen LogP contribution >= 0.6 is 0 Å². The van der Waals surface area contributed by atoms with Crippen LogP contribution in [0.15, 0.2) is 12.1 Å². The van der Waals surface area contributed by atoms with Crippen molar-refractivity contribution in [1.82, 2.24) is 0 Å². The van der Waals surface area contributed by atoms with Gasteiger partial charge < -0.3 is 34.5 Å². The number of carbonyl (C=O) groups is 1. The van der Waals surface area contributed by atoms with Crippen molar-refractivity contribution in [2.75, 3.05) is 40.0 Å². The first-order chi connectivity index (χ1) is 15.5. The molecular formula is C25H39NO7. The Hall–Kier alpha value is -1.71. The lowest BCUT2D eigenvalue weighted by Gasteiger charge is -2.50. The van der Waals surface area contributed by atoms with Crippen LogP contribution in [-0.4, -0.2) is 57.2 Å². The van der Waals surface area contributed by atoms with E-state index < -0.39 is 10.8 Å². The normalized spacial score (nSPS) is 21.2. The summed E-state index contributed by atoms with van der Waals surface area (Å²) in [4.78, 5) is 12.6. The maximum absolute atomic E-state index is 12.6. The number of esters is 1. The first kappa shape index (κ1) is 25.9. The molecule has 3 N–H and O–H groups in total. The lowest BCUT2D eigenvalue weighted by Crippen LogP contribution is -2.60. The molecule has 0 amide bonds. The lowest BCUT2D eigenvalue weighted by molar-refractivity contribution is -0.299. The first-order valence-electron chi connectivity index (χ1n) is 11.5. The van der Waals surface area contributed by atoms with Gasteiger partial charge in [0, 0.05) is 23.9 Å². The predicted molar refractivity (Wildman–Crippen MR) is 123 cm³/mol. The van der Waals surface area contributed by atoms with Gasteiger partial charge in [0.25, 0.3) is 0 Å². The number of hydrogen-bond donors (Lipinski definition) is 2. The fraction of sp³-hybridized carbons (Fsp3) is 0.720. The number of nitrogens with two attached hydrogens (primary N) is 1. The summed E-state index contributed by atoms with van der Waals surface area (Å²) in [5.41, 5.74) is 7.19. The van der Waals surface area contributed by atoms with Gasteiger partial charge in [0.05, 0.1) is 37.9 Å². The van der Waals surface area contributed by atoms with Crippen LogP contribution in [0, 0.1) is 10.8 Å². The molecule has 0 aromatic heterocycles. The smallest absolute Gasteiger partial charge is 0.306 e. The van der Waals surface area contributed by atoms with Gasteiger partial charge >= 0.3 is 5.97 Å². The summed E-state index contributed by atoms with van der Waals surface area (Å²) in [7, 11) is 0. The molecular weight excluding hydrogens is 426 g/mol. The van der Waals surface area contributed by atoms with E-state index in [9.17, 15) is 9.90 Å². The van der Waals surface area contributed by atoms with Crippen molar-refractivity contribution in [3.05, 3.63) is 28.8 Å². The van der Waals surface area contributed by atoms with E-state index in [1.807, 2.05) is 46.8 Å². The van der Waals surface area contributed by atoms with E-state index >= 15 is 0 Å². The molecule has 0 aliphatic carbocycles. The minimum atomic E-state index is -0.450. The van der Waals surface area contributed by atoms with Crippen molar-refractivity contribution in [1.29, 1.82) is 0 Å². The number of hydrogen-bond acceptors (Lipinski definition) is 8. The average molecular weight is 466 g/mol. The highest BCUT2D eigenvalue weighted by Gasteiger charge is 2.52. The number of phenols is 1. The van der Waals surface area contributed by atoms with E-state index in [1.165, 1.54) is 0 Å². The Kier molecular flexibility index (Phi) is 8.07. The van der Waals surface area contributed by atoms with Gasteiger partial charge in [-0.25, -0.2) is 0 Å². The number of aromatic hydroxyl groups is 1. The van der Waals surface area contributed by atoms with Gasteiger partial charge in [-0.2, -0.15) is 0 Å². The molecule has 1 aromatic rings. The summed E-state index contributed by atoms with van der Waals surface area (Å²) in [6.45, 7) is 12.5. The molecule has 2 saturated heterocycles. The third-order valence-electron chi connectivity index (χ3n) is 6.42. The minimum absolute atomic E-state index is 0.199. The van der Waals surface area contributed by atoms with Crippen molar-refractivity contribution in [2.24, 2.45) is 16.6 Å². The Bertz CT molecular complexity index is 817. The largest absolute Gasteiger partial charge is 0.507 e. The molecule has 186 valence electrons. The van der Waals surface area contributed by atoms with E-state index in [2.05, 4.69) is 0 Å². The third kappa shape index (κ3) is 6.05. The molecule has 2 fully saturated rings. The molecule has 2 heterocycles. The third-order valence-corrected chi connectivity index (χ3v) is 6.42. The van der Waals surface area contributed by atoms with Crippen LogP contribution in [0.25, 0.3) is 0 Å². The van der Waals surface area contributed by atoms with Gasteiger partial charge in [0.2, 0.25) is 0 Å². The van der Waals surface area contributed by atoms with Gasteiger partial charge in [-0.3, -0.25) is 4.79 Å². The first-order valence-corrected chi connectivity index (χ1v) is 11.5. The Morgan fingerprint density at radius 1 is 1.12 bits per heavy atom. The topological polar surface area (TPSA) is 109 Å². The second-order valence-electron chi connectivity index (χ2n) is 10.9. The van der Waals surface area contributed by atoms with E-state index in [1.54, 1.807) is 0 Å². The molecule has 1 aromatic carbocycles. The summed E-state index contributed by atoms with van der Waals surface area (Å²) in [6.07, 6.45) is 0.514. The van der Waals surface area contributed by atoms with E-state index in [-0.39, 0.29) is 56.4 Å². The van der Waals surface area contributed by atoms with Gasteiger partial charge in [-0.1, -0.05) is 46.8 Å². The van der Waals surface area contributed by atoms with Crippen LogP contribution in [0.4, 0.5) is 0 Å². The summed E-state index contributed by atoms with van der Waals surface area (Å²) in [6, 6.07) is 3.82. The number of carbonyl (C=O) groups excluding carboxylic acids is 1. The highest BCUT2D eigenvalue weighted by Crippen LogP contribution is 2.42. The fourth-order valence-electron chi connectivity index (χ4n) is 4.79. The van der Waals surface area contributed by atoms with Gasteiger partial charge in [-0.15, -0.1) is 0 Å². The van der Waals surface area contributed by atoms with E-state index in [4.69, 9.17) is 29.4 Å². The number of ether oxygens (including phenoxy) is 5. The Morgan fingerprint density at radius 3 is 2.36 bits per heavy atom. The molecule has 8 nitrogen and oxygen atoms in total. The standard InChI is InChI=1S/C25H39NO7/c1-23(2,3)19-9-17(8-18(10-26)21(19)28)6-7-20(27)32-11-24(4,5)22-25(14-31-16-33-22)12-29-15-30-13-25/h8-9,22,28H,6-7,10-16,26H2,1-5H3. The SMILES string of the molecule is CC(C)(C)c1cc(CCC(=O)OCC(C)(C)C2OCOCC23COCOC3)cc(CN)c1O. The molecule has 1 spiro atoms. The van der Waals surface area contributed by atoms with Crippen molar-refractivity contribution >= 4 is 5.97 Å². The quantitative estimate of drug-likeness (QED) is 0.592. The van der Waals surface area contributed by atoms with Gasteiger partial charge in [0.1, 0.15) is 19.3 Å². The second-order valence-corrected chi connectivity index (χ2v) is 10.9. The molecule has 8 heteroatoms. The average Bonchev–Trinajstić information content (AvgIpc) is 2.77. The van der Waals surface area contributed by atoms with Crippen molar-refractivity contribution in [3.63, 3.8) is 0 Å². The highest BCUT2D eigenvalue weighted by molar-refractivity contribution is 5.69. The van der Waals surface area contributed by atoms with Crippen LogP contribution < -0.4 is 5.73 Å². The number of phenolic OH excluding ortho intramolecular Hbond substituents is 1. The van der Waals surface area contributed by atoms with Crippen molar-refractivity contribution in [2.45, 2.75) is 65.5 Å². The molecule has 2 aliphatic heterocycles. The van der Waals surface area contributed by atoms with E-state index in [0.29, 0.717) is 31.8 Å². The zero-order valence-corrected chi connectivity index (χ0v) is 20.6. The molecule has 0 radical (unpaired) electrons. The van der Waals surface area contributed by atoms with Crippen molar-refractivity contribution in [3.8, 4) is 5.75 Å². The lowest BCUT2D eigenvalue weighted by atomic mass is 9.70. The van der Waals surface area contributed by atoms with Crippen molar-refractivity contribution < 1.29 is 33.6 Å². The van der Waals surface area contributed by atoms with Gasteiger partial charge in [0.15, 0.2) is 0 Å². The fourth-order valence-corrected chi connectivity index (χ4v) is 4.79. The second kappa shape index (κ2) is 10.3. The maximum Gasteiger partial charge on any atom is 0.306 e. The summed E-state index contributed by atoms with van der Waals surface area (Å²) in [5, 5.41) is 10.5. The monoisotopic (exact) mass is 465 g/mol. The highest BCUT2D eigenvalue weighted by atomic mass is 16.7.